The molecule has 1 N–H and O–H groups in total. The number of hydrogen-bond donors (Lipinski definition) is 1. The summed E-state index contributed by atoms with van der Waals surface area (Å²) in [7, 11) is 0. The number of carbonyl (C=O) groups is 1. The number of amides is 1. The summed E-state index contributed by atoms with van der Waals surface area (Å²) in [5, 5.41) is 4.02. The average molecular weight is 330 g/mol. The highest BCUT2D eigenvalue weighted by Gasteiger charge is 2.22. The Balaban J connectivity index is 1.68. The maximum absolute atomic E-state index is 12.5. The van der Waals surface area contributed by atoms with Crippen LogP contribution in [0.1, 0.15) is 57.4 Å². The molecule has 0 fully saturated rings. The van der Waals surface area contributed by atoms with Gasteiger partial charge in [0.05, 0.1) is 17.3 Å². The Morgan fingerprint density at radius 2 is 2.22 bits per heavy atom. The van der Waals surface area contributed by atoms with E-state index in [4.69, 9.17) is 4.74 Å². The molecular formula is C18H22N2O2S. The molecule has 2 heterocycles. The molecule has 5 heteroatoms. The fraction of sp³-hybridized carbons (Fsp3) is 0.444. The van der Waals surface area contributed by atoms with E-state index in [1.807, 2.05) is 19.1 Å². The van der Waals surface area contributed by atoms with Gasteiger partial charge in [0.15, 0.2) is 0 Å². The van der Waals surface area contributed by atoms with Crippen LogP contribution in [0.2, 0.25) is 0 Å². The fourth-order valence-electron chi connectivity index (χ4n) is 2.79. The maximum Gasteiger partial charge on any atom is 0.263 e. The van der Waals surface area contributed by atoms with Crippen molar-refractivity contribution in [3.63, 3.8) is 0 Å². The monoisotopic (exact) mass is 330 g/mol. The van der Waals surface area contributed by atoms with E-state index in [-0.39, 0.29) is 12.0 Å². The van der Waals surface area contributed by atoms with E-state index in [0.29, 0.717) is 23.9 Å². The Morgan fingerprint density at radius 1 is 1.43 bits per heavy atom. The van der Waals surface area contributed by atoms with Gasteiger partial charge in [0, 0.05) is 12.5 Å². The first-order valence-corrected chi connectivity index (χ1v) is 8.83. The first-order chi connectivity index (χ1) is 11.1. The van der Waals surface area contributed by atoms with Crippen molar-refractivity contribution < 1.29 is 9.53 Å². The van der Waals surface area contributed by atoms with Gasteiger partial charge in [0.2, 0.25) is 0 Å². The van der Waals surface area contributed by atoms with E-state index in [0.717, 1.165) is 17.1 Å². The van der Waals surface area contributed by atoms with Crippen LogP contribution in [0, 0.1) is 6.92 Å². The van der Waals surface area contributed by atoms with Crippen molar-refractivity contribution in [2.24, 2.45) is 0 Å². The summed E-state index contributed by atoms with van der Waals surface area (Å²) in [5.74, 6) is 0.285. The summed E-state index contributed by atoms with van der Waals surface area (Å²) < 4.78 is 5.84. The molecule has 1 aromatic carbocycles. The van der Waals surface area contributed by atoms with Gasteiger partial charge in [-0.15, -0.1) is 11.3 Å². The van der Waals surface area contributed by atoms with E-state index in [1.54, 1.807) is 0 Å². The summed E-state index contributed by atoms with van der Waals surface area (Å²) in [6.07, 6.45) is 0.869. The molecule has 0 bridgehead atoms. The van der Waals surface area contributed by atoms with Gasteiger partial charge in [-0.2, -0.15) is 0 Å². The van der Waals surface area contributed by atoms with Crippen LogP contribution in [0.3, 0.4) is 0 Å². The quantitative estimate of drug-likeness (QED) is 0.931. The Labute approximate surface area is 140 Å². The molecule has 0 aliphatic carbocycles. The Hall–Kier alpha value is -1.72. The van der Waals surface area contributed by atoms with E-state index in [9.17, 15) is 4.79 Å². The van der Waals surface area contributed by atoms with Gasteiger partial charge < -0.3 is 10.1 Å². The van der Waals surface area contributed by atoms with Gasteiger partial charge in [-0.3, -0.25) is 4.79 Å². The van der Waals surface area contributed by atoms with E-state index in [1.165, 1.54) is 22.5 Å². The summed E-state index contributed by atoms with van der Waals surface area (Å²) in [6.45, 7) is 7.27. The Kier molecular flexibility index (Phi) is 4.78. The van der Waals surface area contributed by atoms with Gasteiger partial charge in [-0.25, -0.2) is 4.98 Å². The number of benzene rings is 1. The molecule has 0 saturated heterocycles. The zero-order chi connectivity index (χ0) is 16.4. The normalized spacial score (nSPS) is 17.1. The van der Waals surface area contributed by atoms with Crippen LogP contribution in [0.5, 0.6) is 0 Å². The number of carbonyl (C=O) groups excluding carboxylic acids is 1. The SMILES string of the molecule is Cc1nc(C(C)C)sc1C(=O)NC[C@@H]1OCCc2ccccc21. The number of nitrogens with zero attached hydrogens (tertiary/aromatic N) is 1. The van der Waals surface area contributed by atoms with Crippen molar-refractivity contribution in [1.29, 1.82) is 0 Å². The van der Waals surface area contributed by atoms with Crippen molar-refractivity contribution in [1.82, 2.24) is 10.3 Å². The smallest absolute Gasteiger partial charge is 0.263 e. The van der Waals surface area contributed by atoms with Crippen LogP contribution in [0.4, 0.5) is 0 Å². The number of aryl methyl sites for hydroxylation is 1. The predicted molar refractivity (Wildman–Crippen MR) is 92.1 cm³/mol. The molecule has 1 atom stereocenters. The number of ether oxygens (including phenoxy) is 1. The first kappa shape index (κ1) is 16.1. The molecule has 0 radical (unpaired) electrons. The van der Waals surface area contributed by atoms with Crippen LogP contribution in [0.15, 0.2) is 24.3 Å². The highest BCUT2D eigenvalue weighted by molar-refractivity contribution is 7.13. The maximum atomic E-state index is 12.5. The molecule has 3 rings (SSSR count). The molecule has 4 nitrogen and oxygen atoms in total. The lowest BCUT2D eigenvalue weighted by atomic mass is 9.97. The summed E-state index contributed by atoms with van der Waals surface area (Å²) >= 11 is 1.48. The molecule has 1 amide bonds. The van der Waals surface area contributed by atoms with Crippen LogP contribution < -0.4 is 5.32 Å². The van der Waals surface area contributed by atoms with Gasteiger partial charge in [0.25, 0.3) is 5.91 Å². The minimum absolute atomic E-state index is 0.0569. The second-order valence-corrected chi connectivity index (χ2v) is 7.17. The molecule has 0 saturated carbocycles. The van der Waals surface area contributed by atoms with Crippen molar-refractivity contribution in [3.05, 3.63) is 51.0 Å². The van der Waals surface area contributed by atoms with Gasteiger partial charge >= 0.3 is 0 Å². The second-order valence-electron chi connectivity index (χ2n) is 6.14. The lowest BCUT2D eigenvalue weighted by Gasteiger charge is -2.26. The number of fused-ring (bicyclic) bond motifs is 1. The minimum atomic E-state index is -0.0679. The molecular weight excluding hydrogens is 308 g/mol. The lowest BCUT2D eigenvalue weighted by Crippen LogP contribution is -2.31. The van der Waals surface area contributed by atoms with Crippen LogP contribution in [-0.2, 0) is 11.2 Å². The highest BCUT2D eigenvalue weighted by Crippen LogP contribution is 2.27. The fourth-order valence-corrected chi connectivity index (χ4v) is 3.77. The lowest BCUT2D eigenvalue weighted by molar-refractivity contribution is 0.0412. The second kappa shape index (κ2) is 6.81. The van der Waals surface area contributed by atoms with Gasteiger partial charge in [0.1, 0.15) is 11.0 Å². The van der Waals surface area contributed by atoms with E-state index >= 15 is 0 Å². The molecule has 1 aromatic heterocycles. The first-order valence-electron chi connectivity index (χ1n) is 8.01. The zero-order valence-corrected chi connectivity index (χ0v) is 14.6. The predicted octanol–water partition coefficient (Wildman–Crippen LogP) is 3.62. The molecule has 23 heavy (non-hydrogen) atoms. The number of rotatable bonds is 4. The number of nitrogens with one attached hydrogen (secondary N) is 1. The number of aromatic nitrogens is 1. The molecule has 1 aliphatic rings. The third-order valence-corrected chi connectivity index (χ3v) is 5.51. The van der Waals surface area contributed by atoms with E-state index in [2.05, 4.69) is 36.3 Å². The largest absolute Gasteiger partial charge is 0.371 e. The van der Waals surface area contributed by atoms with Crippen LogP contribution >= 0.6 is 11.3 Å². The number of hydrogen-bond acceptors (Lipinski definition) is 4. The molecule has 1 aliphatic heterocycles. The highest BCUT2D eigenvalue weighted by atomic mass is 32.1. The van der Waals surface area contributed by atoms with Gasteiger partial charge in [-0.1, -0.05) is 38.1 Å². The average Bonchev–Trinajstić information content (AvgIpc) is 2.95. The zero-order valence-electron chi connectivity index (χ0n) is 13.8. The standard InChI is InChI=1S/C18H22N2O2S/c1-11(2)18-20-12(3)16(23-18)17(21)19-10-15-14-7-5-4-6-13(14)8-9-22-15/h4-7,11,15H,8-10H2,1-3H3,(H,19,21)/t15-/m0/s1. The van der Waals surface area contributed by atoms with Crippen LogP contribution in [0.25, 0.3) is 0 Å². The molecule has 0 unspecified atom stereocenters. The molecule has 122 valence electrons. The molecule has 0 spiro atoms. The van der Waals surface area contributed by atoms with Gasteiger partial charge in [-0.05, 0) is 24.5 Å². The Bertz CT molecular complexity index is 709. The summed E-state index contributed by atoms with van der Waals surface area (Å²) in [6, 6.07) is 8.29. The molecule has 2 aromatic rings. The van der Waals surface area contributed by atoms with Crippen molar-refractivity contribution in [2.45, 2.75) is 39.2 Å². The van der Waals surface area contributed by atoms with Crippen LogP contribution in [-0.4, -0.2) is 24.0 Å². The third kappa shape index (κ3) is 3.46. The summed E-state index contributed by atoms with van der Waals surface area (Å²) in [4.78, 5) is 17.7. The number of thiazole rings is 1. The minimum Gasteiger partial charge on any atom is -0.371 e. The Morgan fingerprint density at radius 3 is 2.96 bits per heavy atom. The third-order valence-electron chi connectivity index (χ3n) is 4.05. The topological polar surface area (TPSA) is 51.2 Å². The van der Waals surface area contributed by atoms with Crippen molar-refractivity contribution in [2.75, 3.05) is 13.2 Å². The van der Waals surface area contributed by atoms with E-state index < -0.39 is 0 Å². The summed E-state index contributed by atoms with van der Waals surface area (Å²) in [5.41, 5.74) is 3.30. The van der Waals surface area contributed by atoms with Crippen molar-refractivity contribution >= 4 is 17.2 Å². The van der Waals surface area contributed by atoms with Crippen molar-refractivity contribution in [3.8, 4) is 0 Å².